The summed E-state index contributed by atoms with van der Waals surface area (Å²) >= 11 is 0. The zero-order chi connectivity index (χ0) is 14.8. The third-order valence-corrected chi connectivity index (χ3v) is 3.97. The van der Waals surface area contributed by atoms with Gasteiger partial charge in [-0.15, -0.1) is 0 Å². The molecule has 3 N–H and O–H groups in total. The van der Waals surface area contributed by atoms with E-state index >= 15 is 0 Å². The standard InChI is InChI=1S/C18H20N2O/c1-12-2-10-16(11-3-12)20-17(18(19)21)15-8-6-14(7-9-15)13-4-5-13/h2-3,6-11,13,17,20H,4-5H2,1H3,(H2,19,21). The van der Waals surface area contributed by atoms with Gasteiger partial charge in [0.25, 0.3) is 0 Å². The third kappa shape index (κ3) is 3.24. The summed E-state index contributed by atoms with van der Waals surface area (Å²) in [4.78, 5) is 11.8. The van der Waals surface area contributed by atoms with Gasteiger partial charge in [-0.05, 0) is 48.9 Å². The minimum atomic E-state index is -0.499. The minimum Gasteiger partial charge on any atom is -0.370 e. The zero-order valence-electron chi connectivity index (χ0n) is 12.2. The van der Waals surface area contributed by atoms with Crippen molar-refractivity contribution in [2.45, 2.75) is 31.7 Å². The molecular formula is C18H20N2O. The van der Waals surface area contributed by atoms with Crippen molar-refractivity contribution < 1.29 is 4.79 Å². The smallest absolute Gasteiger partial charge is 0.244 e. The van der Waals surface area contributed by atoms with Crippen LogP contribution in [0.1, 0.15) is 41.5 Å². The highest BCUT2D eigenvalue weighted by Crippen LogP contribution is 2.40. The maximum atomic E-state index is 11.8. The number of nitrogens with one attached hydrogen (secondary N) is 1. The lowest BCUT2D eigenvalue weighted by Gasteiger charge is -2.17. The van der Waals surface area contributed by atoms with Crippen LogP contribution in [0, 0.1) is 6.92 Å². The fourth-order valence-corrected chi connectivity index (χ4v) is 2.51. The van der Waals surface area contributed by atoms with Crippen molar-refractivity contribution in [1.29, 1.82) is 0 Å². The molecule has 1 saturated carbocycles. The molecule has 0 radical (unpaired) electrons. The molecule has 3 nitrogen and oxygen atoms in total. The Morgan fingerprint density at radius 1 is 1.10 bits per heavy atom. The van der Waals surface area contributed by atoms with Gasteiger partial charge in [0.15, 0.2) is 0 Å². The van der Waals surface area contributed by atoms with Crippen molar-refractivity contribution >= 4 is 11.6 Å². The normalized spacial score (nSPS) is 15.5. The molecule has 108 valence electrons. The van der Waals surface area contributed by atoms with E-state index in [1.54, 1.807) is 0 Å². The second-order valence-electron chi connectivity index (χ2n) is 5.79. The number of hydrogen-bond acceptors (Lipinski definition) is 2. The zero-order valence-corrected chi connectivity index (χ0v) is 12.2. The van der Waals surface area contributed by atoms with Crippen LogP contribution < -0.4 is 11.1 Å². The topological polar surface area (TPSA) is 55.1 Å². The second-order valence-corrected chi connectivity index (χ2v) is 5.79. The summed E-state index contributed by atoms with van der Waals surface area (Å²) in [6.45, 7) is 2.03. The van der Waals surface area contributed by atoms with Gasteiger partial charge in [0.2, 0.25) is 5.91 Å². The number of anilines is 1. The minimum absolute atomic E-state index is 0.366. The summed E-state index contributed by atoms with van der Waals surface area (Å²) in [6, 6.07) is 15.7. The van der Waals surface area contributed by atoms with Gasteiger partial charge in [-0.2, -0.15) is 0 Å². The first kappa shape index (κ1) is 13.7. The molecule has 0 spiro atoms. The molecule has 3 rings (SSSR count). The van der Waals surface area contributed by atoms with Gasteiger partial charge in [-0.1, -0.05) is 42.0 Å². The first-order chi connectivity index (χ1) is 10.1. The quantitative estimate of drug-likeness (QED) is 0.880. The van der Waals surface area contributed by atoms with Crippen LogP contribution in [-0.4, -0.2) is 5.91 Å². The molecule has 0 aromatic heterocycles. The van der Waals surface area contributed by atoms with Gasteiger partial charge in [-0.3, -0.25) is 4.79 Å². The molecule has 21 heavy (non-hydrogen) atoms. The molecule has 0 heterocycles. The predicted octanol–water partition coefficient (Wildman–Crippen LogP) is 3.51. The maximum Gasteiger partial charge on any atom is 0.244 e. The second kappa shape index (κ2) is 5.60. The molecule has 0 aliphatic heterocycles. The number of hydrogen-bond donors (Lipinski definition) is 2. The largest absolute Gasteiger partial charge is 0.370 e. The van der Waals surface area contributed by atoms with E-state index < -0.39 is 6.04 Å². The van der Waals surface area contributed by atoms with E-state index in [4.69, 9.17) is 5.73 Å². The molecule has 0 saturated heterocycles. The van der Waals surface area contributed by atoms with Crippen LogP contribution in [0.2, 0.25) is 0 Å². The average molecular weight is 280 g/mol. The van der Waals surface area contributed by atoms with E-state index in [2.05, 4.69) is 17.4 Å². The van der Waals surface area contributed by atoms with Crippen LogP contribution in [0.4, 0.5) is 5.69 Å². The number of carbonyl (C=O) groups is 1. The SMILES string of the molecule is Cc1ccc(NC(C(N)=O)c2ccc(C3CC3)cc2)cc1. The highest BCUT2D eigenvalue weighted by atomic mass is 16.1. The Morgan fingerprint density at radius 3 is 2.24 bits per heavy atom. The number of primary amides is 1. The van der Waals surface area contributed by atoms with Crippen LogP contribution in [0.15, 0.2) is 48.5 Å². The van der Waals surface area contributed by atoms with Crippen LogP contribution >= 0.6 is 0 Å². The van der Waals surface area contributed by atoms with Gasteiger partial charge in [0, 0.05) is 5.69 Å². The molecule has 1 aliphatic rings. The molecule has 1 amide bonds. The Kier molecular flexibility index (Phi) is 3.65. The molecule has 0 bridgehead atoms. The van der Waals surface area contributed by atoms with E-state index in [0.29, 0.717) is 0 Å². The highest BCUT2D eigenvalue weighted by Gasteiger charge is 2.24. The van der Waals surface area contributed by atoms with Crippen LogP contribution in [-0.2, 0) is 4.79 Å². The van der Waals surface area contributed by atoms with Crippen molar-refractivity contribution in [2.24, 2.45) is 5.73 Å². The maximum absolute atomic E-state index is 11.8. The van der Waals surface area contributed by atoms with Crippen LogP contribution in [0.5, 0.6) is 0 Å². The molecule has 1 unspecified atom stereocenters. The van der Waals surface area contributed by atoms with Gasteiger partial charge < -0.3 is 11.1 Å². The van der Waals surface area contributed by atoms with Gasteiger partial charge in [0.05, 0.1) is 0 Å². The van der Waals surface area contributed by atoms with Crippen LogP contribution in [0.25, 0.3) is 0 Å². The summed E-state index contributed by atoms with van der Waals surface area (Å²) in [5.41, 5.74) is 9.91. The Bertz CT molecular complexity index is 627. The lowest BCUT2D eigenvalue weighted by atomic mass is 10.0. The Hall–Kier alpha value is -2.29. The molecule has 1 atom stereocenters. The summed E-state index contributed by atoms with van der Waals surface area (Å²) in [7, 11) is 0. The number of benzene rings is 2. The predicted molar refractivity (Wildman–Crippen MR) is 85.2 cm³/mol. The molecule has 3 heteroatoms. The van der Waals surface area contributed by atoms with E-state index in [-0.39, 0.29) is 5.91 Å². The van der Waals surface area contributed by atoms with Gasteiger partial charge in [0.1, 0.15) is 6.04 Å². The van der Waals surface area contributed by atoms with Crippen molar-refractivity contribution in [2.75, 3.05) is 5.32 Å². The molecule has 2 aromatic rings. The van der Waals surface area contributed by atoms with E-state index in [0.717, 1.165) is 17.2 Å². The first-order valence-corrected chi connectivity index (χ1v) is 7.36. The van der Waals surface area contributed by atoms with Gasteiger partial charge in [-0.25, -0.2) is 0 Å². The van der Waals surface area contributed by atoms with Crippen LogP contribution in [0.3, 0.4) is 0 Å². The number of aryl methyl sites for hydroxylation is 1. The number of carbonyl (C=O) groups excluding carboxylic acids is 1. The highest BCUT2D eigenvalue weighted by molar-refractivity contribution is 5.84. The van der Waals surface area contributed by atoms with E-state index in [9.17, 15) is 4.79 Å². The summed E-state index contributed by atoms with van der Waals surface area (Å²) in [6.07, 6.45) is 2.56. The third-order valence-electron chi connectivity index (χ3n) is 3.97. The lowest BCUT2D eigenvalue weighted by Crippen LogP contribution is -2.27. The van der Waals surface area contributed by atoms with Crippen molar-refractivity contribution in [3.05, 3.63) is 65.2 Å². The first-order valence-electron chi connectivity index (χ1n) is 7.36. The Labute approximate surface area is 125 Å². The molecule has 1 aliphatic carbocycles. The van der Waals surface area contributed by atoms with Crippen molar-refractivity contribution in [3.63, 3.8) is 0 Å². The molecule has 1 fully saturated rings. The number of nitrogens with two attached hydrogens (primary N) is 1. The lowest BCUT2D eigenvalue weighted by molar-refractivity contribution is -0.118. The average Bonchev–Trinajstić information content (AvgIpc) is 3.31. The number of rotatable bonds is 5. The summed E-state index contributed by atoms with van der Waals surface area (Å²) < 4.78 is 0. The summed E-state index contributed by atoms with van der Waals surface area (Å²) in [5, 5.41) is 3.21. The molecule has 2 aromatic carbocycles. The molecular weight excluding hydrogens is 260 g/mol. The fourth-order valence-electron chi connectivity index (χ4n) is 2.51. The van der Waals surface area contributed by atoms with Crippen molar-refractivity contribution in [1.82, 2.24) is 0 Å². The Balaban J connectivity index is 1.79. The van der Waals surface area contributed by atoms with E-state index in [1.807, 2.05) is 43.3 Å². The van der Waals surface area contributed by atoms with Crippen molar-refractivity contribution in [3.8, 4) is 0 Å². The fraction of sp³-hybridized carbons (Fsp3) is 0.278. The number of amides is 1. The summed E-state index contributed by atoms with van der Waals surface area (Å²) in [5.74, 6) is 0.353. The monoisotopic (exact) mass is 280 g/mol. The Morgan fingerprint density at radius 2 is 1.71 bits per heavy atom. The van der Waals surface area contributed by atoms with E-state index in [1.165, 1.54) is 24.0 Å². The van der Waals surface area contributed by atoms with Gasteiger partial charge >= 0.3 is 0 Å².